The first-order valence-electron chi connectivity index (χ1n) is 9.76. The Balaban J connectivity index is 1.49. The summed E-state index contributed by atoms with van der Waals surface area (Å²) in [5.74, 6) is 1.17. The van der Waals surface area contributed by atoms with Gasteiger partial charge in [-0.15, -0.1) is 0 Å². The van der Waals surface area contributed by atoms with E-state index < -0.39 is 0 Å². The zero-order chi connectivity index (χ0) is 18.4. The average Bonchev–Trinajstić information content (AvgIpc) is 2.69. The molecule has 1 amide bonds. The molecule has 0 bridgehead atoms. The topological polar surface area (TPSA) is 32.3 Å². The maximum atomic E-state index is 12.4. The summed E-state index contributed by atoms with van der Waals surface area (Å²) in [6, 6.07) is 18.4. The molecule has 0 aliphatic carbocycles. The lowest BCUT2D eigenvalue weighted by Gasteiger charge is -2.30. The van der Waals surface area contributed by atoms with E-state index in [-0.39, 0.29) is 5.91 Å². The number of carbonyl (C=O) groups excluding carboxylic acids is 1. The van der Waals surface area contributed by atoms with Gasteiger partial charge in [0.15, 0.2) is 0 Å². The lowest BCUT2D eigenvalue weighted by atomic mass is 9.99. The van der Waals surface area contributed by atoms with Crippen molar-refractivity contribution in [2.24, 2.45) is 5.92 Å². The molecule has 2 aromatic carbocycles. The third kappa shape index (κ3) is 5.18. The van der Waals surface area contributed by atoms with E-state index in [9.17, 15) is 4.79 Å². The van der Waals surface area contributed by atoms with Crippen LogP contribution < -0.4 is 5.32 Å². The highest BCUT2D eigenvalue weighted by atomic mass is 16.1. The number of carbonyl (C=O) groups is 1. The number of nitrogens with zero attached hydrogens (tertiary/aromatic N) is 1. The fourth-order valence-electron chi connectivity index (χ4n) is 3.49. The van der Waals surface area contributed by atoms with Crippen molar-refractivity contribution in [3.05, 3.63) is 71.3 Å². The summed E-state index contributed by atoms with van der Waals surface area (Å²) in [5.41, 5.74) is 3.27. The molecule has 1 heterocycles. The van der Waals surface area contributed by atoms with Gasteiger partial charge in [0.25, 0.3) is 5.91 Å². The van der Waals surface area contributed by atoms with Gasteiger partial charge in [0, 0.05) is 18.7 Å². The van der Waals surface area contributed by atoms with E-state index in [0.717, 1.165) is 18.0 Å². The third-order valence-electron chi connectivity index (χ3n) is 5.44. The van der Waals surface area contributed by atoms with E-state index >= 15 is 0 Å². The molecule has 1 atom stereocenters. The summed E-state index contributed by atoms with van der Waals surface area (Å²) < 4.78 is 0. The van der Waals surface area contributed by atoms with E-state index in [0.29, 0.717) is 12.5 Å². The molecule has 3 heteroatoms. The van der Waals surface area contributed by atoms with Crippen molar-refractivity contribution in [3.8, 4) is 0 Å². The van der Waals surface area contributed by atoms with Crippen molar-refractivity contribution >= 4 is 5.91 Å². The summed E-state index contributed by atoms with van der Waals surface area (Å²) in [6.45, 7) is 8.47. The minimum atomic E-state index is 0.00567. The summed E-state index contributed by atoms with van der Waals surface area (Å²) in [6.07, 6.45) is 2.58. The highest BCUT2D eigenvalue weighted by Gasteiger charge is 2.16. The predicted octanol–water partition coefficient (Wildman–Crippen LogP) is 4.45. The second-order valence-electron chi connectivity index (χ2n) is 7.68. The molecule has 1 saturated heterocycles. The first-order valence-corrected chi connectivity index (χ1v) is 9.76. The Morgan fingerprint density at radius 1 is 1.08 bits per heavy atom. The zero-order valence-electron chi connectivity index (χ0n) is 15.9. The first kappa shape index (κ1) is 18.7. The van der Waals surface area contributed by atoms with Crippen molar-refractivity contribution in [3.63, 3.8) is 0 Å². The van der Waals surface area contributed by atoms with Crippen LogP contribution in [0, 0.1) is 5.92 Å². The number of hydrogen-bond donors (Lipinski definition) is 1. The standard InChI is InChI=1S/C23H30N2O/c1-18-12-14-25(15-13-18)17-20-8-10-22(11-9-20)23(26)24-16-19(2)21-6-4-3-5-7-21/h3-11,18-19H,12-17H2,1-2H3,(H,24,26)/t19-/m0/s1. The molecule has 0 radical (unpaired) electrons. The fraction of sp³-hybridized carbons (Fsp3) is 0.435. The SMILES string of the molecule is CC1CCN(Cc2ccc(C(=O)NC[C@H](C)c3ccccc3)cc2)CC1. The lowest BCUT2D eigenvalue weighted by Crippen LogP contribution is -2.32. The molecule has 3 rings (SSSR count). The highest BCUT2D eigenvalue weighted by molar-refractivity contribution is 5.94. The van der Waals surface area contributed by atoms with Gasteiger partial charge in [-0.3, -0.25) is 9.69 Å². The fourth-order valence-corrected chi connectivity index (χ4v) is 3.49. The second-order valence-corrected chi connectivity index (χ2v) is 7.68. The summed E-state index contributed by atoms with van der Waals surface area (Å²) in [5, 5.41) is 3.05. The maximum Gasteiger partial charge on any atom is 0.251 e. The number of nitrogens with one attached hydrogen (secondary N) is 1. The van der Waals surface area contributed by atoms with Gasteiger partial charge in [-0.25, -0.2) is 0 Å². The van der Waals surface area contributed by atoms with Crippen LogP contribution in [-0.4, -0.2) is 30.4 Å². The Bertz CT molecular complexity index is 688. The van der Waals surface area contributed by atoms with Crippen molar-refractivity contribution in [2.75, 3.05) is 19.6 Å². The average molecular weight is 351 g/mol. The Kier molecular flexibility index (Phi) is 6.45. The highest BCUT2D eigenvalue weighted by Crippen LogP contribution is 2.18. The van der Waals surface area contributed by atoms with Crippen molar-refractivity contribution in [1.29, 1.82) is 0 Å². The smallest absolute Gasteiger partial charge is 0.251 e. The maximum absolute atomic E-state index is 12.4. The summed E-state index contributed by atoms with van der Waals surface area (Å²) >= 11 is 0. The van der Waals surface area contributed by atoms with Gasteiger partial charge in [-0.2, -0.15) is 0 Å². The van der Waals surface area contributed by atoms with Crippen LogP contribution in [0.5, 0.6) is 0 Å². The minimum Gasteiger partial charge on any atom is -0.351 e. The Hall–Kier alpha value is -2.13. The number of amides is 1. The lowest BCUT2D eigenvalue weighted by molar-refractivity contribution is 0.0951. The van der Waals surface area contributed by atoms with Crippen LogP contribution in [0.25, 0.3) is 0 Å². The van der Waals surface area contributed by atoms with Crippen LogP contribution in [0.15, 0.2) is 54.6 Å². The van der Waals surface area contributed by atoms with Gasteiger partial charge in [-0.05, 0) is 61.0 Å². The van der Waals surface area contributed by atoms with E-state index in [1.54, 1.807) is 0 Å². The first-order chi connectivity index (χ1) is 12.6. The molecule has 2 aromatic rings. The Morgan fingerprint density at radius 3 is 2.38 bits per heavy atom. The van der Waals surface area contributed by atoms with Crippen LogP contribution in [-0.2, 0) is 6.54 Å². The molecule has 0 spiro atoms. The molecule has 26 heavy (non-hydrogen) atoms. The van der Waals surface area contributed by atoms with Crippen LogP contribution >= 0.6 is 0 Å². The monoisotopic (exact) mass is 350 g/mol. The van der Waals surface area contributed by atoms with E-state index in [1.807, 2.05) is 30.3 Å². The minimum absolute atomic E-state index is 0.00567. The van der Waals surface area contributed by atoms with Gasteiger partial charge < -0.3 is 5.32 Å². The molecule has 1 fully saturated rings. The second kappa shape index (κ2) is 9.00. The predicted molar refractivity (Wildman–Crippen MR) is 107 cm³/mol. The molecular formula is C23H30N2O. The van der Waals surface area contributed by atoms with Crippen LogP contribution in [0.4, 0.5) is 0 Å². The molecule has 1 aliphatic rings. The molecule has 1 aliphatic heterocycles. The molecular weight excluding hydrogens is 320 g/mol. The van der Waals surface area contributed by atoms with E-state index in [1.165, 1.54) is 37.1 Å². The zero-order valence-corrected chi connectivity index (χ0v) is 15.9. The number of likely N-dealkylation sites (tertiary alicyclic amines) is 1. The molecule has 3 nitrogen and oxygen atoms in total. The van der Waals surface area contributed by atoms with Crippen LogP contribution in [0.2, 0.25) is 0 Å². The number of piperidine rings is 1. The van der Waals surface area contributed by atoms with Crippen molar-refractivity contribution in [2.45, 2.75) is 39.2 Å². The molecule has 0 aromatic heterocycles. The van der Waals surface area contributed by atoms with Gasteiger partial charge in [0.2, 0.25) is 0 Å². The Labute approximate surface area is 157 Å². The third-order valence-corrected chi connectivity index (χ3v) is 5.44. The van der Waals surface area contributed by atoms with Gasteiger partial charge in [-0.1, -0.05) is 56.3 Å². The number of benzene rings is 2. The number of hydrogen-bond acceptors (Lipinski definition) is 2. The number of rotatable bonds is 6. The molecule has 0 saturated carbocycles. The molecule has 1 N–H and O–H groups in total. The van der Waals surface area contributed by atoms with E-state index in [4.69, 9.17) is 0 Å². The summed E-state index contributed by atoms with van der Waals surface area (Å²) in [4.78, 5) is 14.9. The quantitative estimate of drug-likeness (QED) is 0.835. The Morgan fingerprint density at radius 2 is 1.73 bits per heavy atom. The van der Waals surface area contributed by atoms with Gasteiger partial charge in [0.1, 0.15) is 0 Å². The van der Waals surface area contributed by atoms with Crippen LogP contribution in [0.1, 0.15) is 54.1 Å². The largest absolute Gasteiger partial charge is 0.351 e. The van der Waals surface area contributed by atoms with Crippen molar-refractivity contribution < 1.29 is 4.79 Å². The van der Waals surface area contributed by atoms with Gasteiger partial charge >= 0.3 is 0 Å². The van der Waals surface area contributed by atoms with Gasteiger partial charge in [0.05, 0.1) is 0 Å². The van der Waals surface area contributed by atoms with Crippen molar-refractivity contribution in [1.82, 2.24) is 10.2 Å². The molecule has 138 valence electrons. The molecule has 0 unspecified atom stereocenters. The normalized spacial score (nSPS) is 17.0. The van der Waals surface area contributed by atoms with Crippen LogP contribution in [0.3, 0.4) is 0 Å². The summed E-state index contributed by atoms with van der Waals surface area (Å²) in [7, 11) is 0. The van der Waals surface area contributed by atoms with E-state index in [2.05, 4.69) is 48.3 Å².